The normalized spacial score (nSPS) is 21.3. The molecule has 2 bridgehead atoms. The number of nitrogens with zero attached hydrogens (tertiary/aromatic N) is 6. The predicted molar refractivity (Wildman–Crippen MR) is 153 cm³/mol. The number of hydrogen-bond donors (Lipinski definition) is 1. The van der Waals surface area contributed by atoms with Crippen LogP contribution in [-0.2, 0) is 0 Å². The van der Waals surface area contributed by atoms with E-state index in [9.17, 15) is 4.39 Å². The maximum atomic E-state index is 14.0. The molecular formula is C23H21B6ClFN7O. The molecule has 16 heteroatoms. The summed E-state index contributed by atoms with van der Waals surface area (Å²) in [5.41, 5.74) is 0.913. The largest absolute Gasteiger partial charge is 0.424 e. The van der Waals surface area contributed by atoms with Crippen molar-refractivity contribution in [2.75, 3.05) is 23.3 Å². The second kappa shape index (κ2) is 10.5. The lowest BCUT2D eigenvalue weighted by Gasteiger charge is -2.43. The molecule has 0 amide bonds. The van der Waals surface area contributed by atoms with Gasteiger partial charge in [-0.2, -0.15) is 4.98 Å². The minimum atomic E-state index is -2.03. The van der Waals surface area contributed by atoms with Crippen molar-refractivity contribution in [1.82, 2.24) is 24.7 Å². The van der Waals surface area contributed by atoms with Crippen LogP contribution in [0.3, 0.4) is 0 Å². The second-order valence-electron chi connectivity index (χ2n) is 10.5. The molecule has 3 aromatic rings. The van der Waals surface area contributed by atoms with E-state index in [0.29, 0.717) is 11.8 Å². The van der Waals surface area contributed by atoms with Crippen LogP contribution in [0.5, 0.6) is 11.8 Å². The third-order valence-corrected chi connectivity index (χ3v) is 7.30. The minimum Gasteiger partial charge on any atom is -0.424 e. The Labute approximate surface area is 240 Å². The highest BCUT2D eigenvalue weighted by molar-refractivity contribution is 6.64. The molecule has 39 heavy (non-hydrogen) atoms. The third-order valence-electron chi connectivity index (χ3n) is 7.08. The van der Waals surface area contributed by atoms with Crippen LogP contribution in [0.25, 0.3) is 0 Å². The summed E-state index contributed by atoms with van der Waals surface area (Å²) < 4.78 is 21.0. The van der Waals surface area contributed by atoms with Gasteiger partial charge in [-0.3, -0.25) is 0 Å². The van der Waals surface area contributed by atoms with Crippen LogP contribution in [0.1, 0.15) is 24.6 Å². The maximum absolute atomic E-state index is 14.0. The van der Waals surface area contributed by atoms with Crippen LogP contribution >= 0.6 is 11.6 Å². The van der Waals surface area contributed by atoms with Gasteiger partial charge in [-0.25, -0.2) is 19.0 Å². The Hall–Kier alpha value is -2.55. The summed E-state index contributed by atoms with van der Waals surface area (Å²) in [7, 11) is 35.9. The van der Waals surface area contributed by atoms with Crippen LogP contribution in [0.4, 0.5) is 16.2 Å². The zero-order valence-corrected chi connectivity index (χ0v) is 22.1. The maximum Gasteiger partial charge on any atom is 0.322 e. The van der Waals surface area contributed by atoms with Gasteiger partial charge in [0.15, 0.2) is 0 Å². The molecule has 1 aromatic carbocycles. The number of nitrogens with one attached hydrogen (secondary N) is 1. The first-order valence-corrected chi connectivity index (χ1v) is 12.8. The van der Waals surface area contributed by atoms with E-state index in [1.165, 1.54) is 6.07 Å². The molecule has 2 aromatic heterocycles. The molecule has 2 aliphatic rings. The minimum absolute atomic E-state index is 0.0424. The number of aromatic nitrogens is 5. The van der Waals surface area contributed by atoms with Crippen LogP contribution < -0.4 is 15.0 Å². The molecule has 1 aliphatic heterocycles. The molecule has 12 radical (unpaired) electrons. The lowest BCUT2D eigenvalue weighted by molar-refractivity contribution is 0.351. The fourth-order valence-electron chi connectivity index (χ4n) is 5.57. The Morgan fingerprint density at radius 3 is 2.28 bits per heavy atom. The topological polar surface area (TPSA) is 81.0 Å². The molecule has 186 valence electrons. The van der Waals surface area contributed by atoms with E-state index >= 15 is 0 Å². The van der Waals surface area contributed by atoms with E-state index in [1.54, 1.807) is 6.33 Å². The summed E-state index contributed by atoms with van der Waals surface area (Å²) in [6.07, 6.45) is 3.62. The molecule has 8 nitrogen and oxygen atoms in total. The zero-order valence-electron chi connectivity index (χ0n) is 21.3. The van der Waals surface area contributed by atoms with Gasteiger partial charge in [0, 0.05) is 48.0 Å². The van der Waals surface area contributed by atoms with Gasteiger partial charge in [0.25, 0.3) is 0 Å². The van der Waals surface area contributed by atoms with Crippen molar-refractivity contribution in [2.45, 2.75) is 42.1 Å². The Morgan fingerprint density at radius 2 is 1.69 bits per heavy atom. The summed E-state index contributed by atoms with van der Waals surface area (Å²) in [5.74, 6) is 1.12. The van der Waals surface area contributed by atoms with Gasteiger partial charge in [-0.15, -0.1) is 15.3 Å². The highest BCUT2D eigenvalue weighted by atomic mass is 35.5. The van der Waals surface area contributed by atoms with Gasteiger partial charge >= 0.3 is 6.01 Å². The van der Waals surface area contributed by atoms with Crippen LogP contribution in [-0.4, -0.2) is 90.9 Å². The molecule has 1 saturated carbocycles. The number of fused-ring (bicyclic) bond motifs is 2. The first kappa shape index (κ1) is 28.0. The SMILES string of the molecule is [B]C([B])([B])C(n1nc(NC2[C@@H]3CC[C@H]2CN(c2cc(C)ncn2)C3)nc1Oc1cc(F)cc(Cl)c1)C([B])([B])[B]. The quantitative estimate of drug-likeness (QED) is 0.446. The Morgan fingerprint density at radius 1 is 1.03 bits per heavy atom. The molecule has 5 rings (SSSR count). The number of aryl methyl sites for hydroxylation is 1. The molecule has 0 spiro atoms. The second-order valence-corrected chi connectivity index (χ2v) is 10.9. The highest BCUT2D eigenvalue weighted by Gasteiger charge is 2.44. The predicted octanol–water partition coefficient (Wildman–Crippen LogP) is 1.99. The van der Waals surface area contributed by atoms with E-state index < -0.39 is 22.1 Å². The number of halogens is 2. The molecule has 3 heterocycles. The van der Waals surface area contributed by atoms with E-state index in [4.69, 9.17) is 63.4 Å². The molecular weight excluding hydrogens is 510 g/mol. The van der Waals surface area contributed by atoms with Crippen LogP contribution in [0.15, 0.2) is 30.6 Å². The first-order chi connectivity index (χ1) is 18.3. The Balaban J connectivity index is 1.44. The van der Waals surface area contributed by atoms with Crippen LogP contribution in [0.2, 0.25) is 15.2 Å². The third kappa shape index (κ3) is 6.13. The summed E-state index contributed by atoms with van der Waals surface area (Å²) in [6.45, 7) is 3.54. The van der Waals surface area contributed by atoms with Crippen LogP contribution in [0, 0.1) is 24.6 Å². The molecule has 1 unspecified atom stereocenters. The van der Waals surface area contributed by atoms with Crippen molar-refractivity contribution in [1.29, 1.82) is 0 Å². The summed E-state index contributed by atoms with van der Waals surface area (Å²) in [6, 6.07) is 4.16. The Bertz CT molecular complexity index is 1300. The van der Waals surface area contributed by atoms with Gasteiger partial charge in [0.05, 0.1) is 47.1 Å². The summed E-state index contributed by atoms with van der Waals surface area (Å²) in [5, 5.41) is 3.98. The van der Waals surface area contributed by atoms with E-state index in [2.05, 4.69) is 30.3 Å². The number of hydrogen-bond acceptors (Lipinski definition) is 7. The van der Waals surface area contributed by atoms with Gasteiger partial charge in [0.2, 0.25) is 5.95 Å². The molecule has 1 aliphatic carbocycles. The first-order valence-electron chi connectivity index (χ1n) is 12.4. The summed E-state index contributed by atoms with van der Waals surface area (Å²) in [4.78, 5) is 15.4. The summed E-state index contributed by atoms with van der Waals surface area (Å²) >= 11 is 5.99. The van der Waals surface area contributed by atoms with Gasteiger partial charge < -0.3 is 15.0 Å². The van der Waals surface area contributed by atoms with Crippen molar-refractivity contribution in [3.05, 3.63) is 47.1 Å². The van der Waals surface area contributed by atoms with Crippen molar-refractivity contribution in [2.24, 2.45) is 11.8 Å². The standard InChI is InChI=1S/C23H21B6ClFN7O/c1-11-4-17(33-10-32-11)37-8-12-2-3-13(9-37)18(12)34-20-35-21(39-16-6-14(30)5-15(31)7-16)38(36-20)19(22(24,25)26)23(27,28)29/h4-7,10,12-13,18-19H,2-3,8-9H2,1H3,(H,34,36)/t12-,13+,18?. The average Bonchev–Trinajstić information content (AvgIpc) is 3.25. The Kier molecular flexibility index (Phi) is 7.50. The average molecular weight is 531 g/mol. The fraction of sp³-hybridized carbons (Fsp3) is 0.478. The smallest absolute Gasteiger partial charge is 0.322 e. The molecule has 3 atom stereocenters. The van der Waals surface area contributed by atoms with Gasteiger partial charge in [-0.05, 0) is 43.7 Å². The number of piperidine rings is 1. The van der Waals surface area contributed by atoms with Gasteiger partial charge in [0.1, 0.15) is 23.7 Å². The van der Waals surface area contributed by atoms with Crippen molar-refractivity contribution in [3.63, 3.8) is 0 Å². The number of rotatable bonds is 8. The fourth-order valence-corrected chi connectivity index (χ4v) is 5.78. The van der Waals surface area contributed by atoms with Gasteiger partial charge in [-0.1, -0.05) is 11.6 Å². The molecule has 1 saturated heterocycles. The number of ether oxygens (including phenoxy) is 1. The highest BCUT2D eigenvalue weighted by Crippen LogP contribution is 2.45. The van der Waals surface area contributed by atoms with E-state index in [1.807, 2.05) is 13.0 Å². The lowest BCUT2D eigenvalue weighted by atomic mass is 9.27. The lowest BCUT2D eigenvalue weighted by Crippen LogP contribution is -2.48. The van der Waals surface area contributed by atoms with E-state index in [0.717, 1.165) is 54.3 Å². The van der Waals surface area contributed by atoms with E-state index in [-0.39, 0.29) is 28.8 Å². The zero-order chi connectivity index (χ0) is 28.1. The van der Waals surface area contributed by atoms with Crippen molar-refractivity contribution >= 4 is 70.4 Å². The monoisotopic (exact) mass is 531 g/mol. The number of benzene rings is 1. The number of anilines is 2. The van der Waals surface area contributed by atoms with Crippen molar-refractivity contribution in [3.8, 4) is 11.8 Å². The molecule has 2 fully saturated rings. The molecule has 1 N–H and O–H groups in total. The van der Waals surface area contributed by atoms with Crippen molar-refractivity contribution < 1.29 is 9.13 Å².